The molecule has 0 N–H and O–H groups in total. The van der Waals surface area contributed by atoms with Crippen LogP contribution >= 0.6 is 35.2 Å². The van der Waals surface area contributed by atoms with Gasteiger partial charge in [-0.2, -0.15) is 0 Å². The van der Waals surface area contributed by atoms with Crippen LogP contribution in [-0.2, 0) is 0 Å². The smallest absolute Gasteiger partial charge is 0.0510 e. The minimum atomic E-state index is 0. The second-order valence-electron chi connectivity index (χ2n) is 1.43. The topological polar surface area (TPSA) is 0 Å². The summed E-state index contributed by atoms with van der Waals surface area (Å²) in [4.78, 5) is 0.938. The molecule has 1 radical (unpaired) electrons. The number of rotatable bonds is 0. The van der Waals surface area contributed by atoms with Gasteiger partial charge in [-0.15, -0.1) is 0 Å². The SMILES string of the molecule is F.F.F.[S]c1ccccc1I. The average molecular weight is 295 g/mol. The Morgan fingerprint density at radius 1 is 1.00 bits per heavy atom. The second kappa shape index (κ2) is 8.06. The van der Waals surface area contributed by atoms with Gasteiger partial charge in [0, 0.05) is 3.57 Å². The molecule has 1 rings (SSSR count). The third kappa shape index (κ3) is 5.25. The summed E-state index contributed by atoms with van der Waals surface area (Å²) in [6.07, 6.45) is 0. The van der Waals surface area contributed by atoms with Crippen molar-refractivity contribution in [2.24, 2.45) is 0 Å². The highest BCUT2D eigenvalue weighted by molar-refractivity contribution is 14.1. The highest BCUT2D eigenvalue weighted by Crippen LogP contribution is 2.13. The summed E-state index contributed by atoms with van der Waals surface area (Å²) in [5.41, 5.74) is 0. The fraction of sp³-hybridized carbons (Fsp3) is 0. The summed E-state index contributed by atoms with van der Waals surface area (Å²) in [7, 11) is 0. The van der Waals surface area contributed by atoms with Crippen molar-refractivity contribution in [2.75, 3.05) is 0 Å². The lowest BCUT2D eigenvalue weighted by Gasteiger charge is -1.89. The lowest BCUT2D eigenvalue weighted by molar-refractivity contribution is 1.11. The van der Waals surface area contributed by atoms with Crippen molar-refractivity contribution >= 4 is 35.2 Å². The fourth-order valence-electron chi connectivity index (χ4n) is 0.445. The molecule has 0 aliphatic carbocycles. The molecular weight excluding hydrogens is 288 g/mol. The van der Waals surface area contributed by atoms with E-state index < -0.39 is 0 Å². The highest BCUT2D eigenvalue weighted by Gasteiger charge is 1.88. The van der Waals surface area contributed by atoms with Crippen LogP contribution < -0.4 is 0 Å². The van der Waals surface area contributed by atoms with Gasteiger partial charge in [0.2, 0.25) is 0 Å². The zero-order valence-electron chi connectivity index (χ0n) is 5.32. The van der Waals surface area contributed by atoms with Crippen LogP contribution in [0, 0.1) is 3.57 Å². The number of halogens is 4. The first-order valence-electron chi connectivity index (χ1n) is 2.22. The van der Waals surface area contributed by atoms with Crippen LogP contribution in [0.5, 0.6) is 0 Å². The lowest BCUT2D eigenvalue weighted by atomic mass is 10.4. The van der Waals surface area contributed by atoms with Crippen molar-refractivity contribution < 1.29 is 14.1 Å². The van der Waals surface area contributed by atoms with Crippen molar-refractivity contribution in [3.05, 3.63) is 27.8 Å². The molecule has 0 unspecified atom stereocenters. The highest BCUT2D eigenvalue weighted by atomic mass is 127. The van der Waals surface area contributed by atoms with Crippen LogP contribution in [0.2, 0.25) is 0 Å². The van der Waals surface area contributed by atoms with E-state index in [1.165, 1.54) is 0 Å². The van der Waals surface area contributed by atoms with Crippen LogP contribution in [0.3, 0.4) is 0 Å². The molecule has 0 amide bonds. The van der Waals surface area contributed by atoms with Crippen LogP contribution in [0.1, 0.15) is 0 Å². The van der Waals surface area contributed by atoms with E-state index in [9.17, 15) is 0 Å². The van der Waals surface area contributed by atoms with Crippen molar-refractivity contribution in [2.45, 2.75) is 4.90 Å². The third-order valence-electron chi connectivity index (χ3n) is 0.837. The van der Waals surface area contributed by atoms with Gasteiger partial charge < -0.3 is 0 Å². The first-order chi connectivity index (χ1) is 3.80. The lowest BCUT2D eigenvalue weighted by Crippen LogP contribution is -1.69. The number of hydrogen-bond donors (Lipinski definition) is 0. The molecule has 0 heterocycles. The van der Waals surface area contributed by atoms with Gasteiger partial charge in [-0.3, -0.25) is 14.1 Å². The number of benzene rings is 1. The Kier molecular flexibility index (Phi) is 12.6. The first-order valence-corrected chi connectivity index (χ1v) is 3.71. The Balaban J connectivity index is -0.000000213. The Morgan fingerprint density at radius 3 is 1.73 bits per heavy atom. The molecule has 0 saturated heterocycles. The molecular formula is C6H7F3IS. The summed E-state index contributed by atoms with van der Waals surface area (Å²) >= 11 is 7.17. The Bertz CT molecular complexity index is 174. The maximum absolute atomic E-state index is 4.95. The van der Waals surface area contributed by atoms with Gasteiger partial charge in [0.25, 0.3) is 0 Å². The summed E-state index contributed by atoms with van der Waals surface area (Å²) in [5.74, 6) is 0. The van der Waals surface area contributed by atoms with Crippen LogP contribution in [-0.4, -0.2) is 0 Å². The molecule has 0 spiro atoms. The molecule has 0 aromatic heterocycles. The van der Waals surface area contributed by atoms with Gasteiger partial charge in [0.1, 0.15) is 0 Å². The van der Waals surface area contributed by atoms with Crippen molar-refractivity contribution in [1.29, 1.82) is 0 Å². The third-order valence-corrected chi connectivity index (χ3v) is 2.50. The maximum atomic E-state index is 4.95. The van der Waals surface area contributed by atoms with E-state index in [0.717, 1.165) is 8.47 Å². The summed E-state index contributed by atoms with van der Waals surface area (Å²) < 4.78 is 1.15. The minimum absolute atomic E-state index is 0. The predicted octanol–water partition coefficient (Wildman–Crippen LogP) is 3.31. The van der Waals surface area contributed by atoms with Crippen molar-refractivity contribution in [1.82, 2.24) is 0 Å². The standard InChI is InChI=1S/C6H4IS.3FH/c7-5-3-1-2-4-6(5)8;;;/h1-4H;3*1H. The molecule has 5 heteroatoms. The van der Waals surface area contributed by atoms with E-state index in [2.05, 4.69) is 22.6 Å². The van der Waals surface area contributed by atoms with Gasteiger partial charge in [-0.05, 0) is 34.7 Å². The average Bonchev–Trinajstić information content (AvgIpc) is 1.77. The first kappa shape index (κ1) is 17.2. The zero-order chi connectivity index (χ0) is 5.98. The molecule has 0 nitrogen and oxygen atoms in total. The Labute approximate surface area is 82.0 Å². The molecule has 0 fully saturated rings. The second-order valence-corrected chi connectivity index (χ2v) is 3.03. The zero-order valence-corrected chi connectivity index (χ0v) is 8.29. The van der Waals surface area contributed by atoms with Gasteiger partial charge in [0.05, 0.1) is 4.90 Å². The molecule has 0 saturated carbocycles. The van der Waals surface area contributed by atoms with E-state index in [-0.39, 0.29) is 14.1 Å². The van der Waals surface area contributed by atoms with Gasteiger partial charge in [-0.1, -0.05) is 24.8 Å². The molecule has 1 aromatic carbocycles. The van der Waals surface area contributed by atoms with Crippen molar-refractivity contribution in [3.8, 4) is 0 Å². The van der Waals surface area contributed by atoms with Crippen LogP contribution in [0.25, 0.3) is 0 Å². The molecule has 1 aromatic rings. The summed E-state index contributed by atoms with van der Waals surface area (Å²) in [6, 6.07) is 7.86. The molecule has 11 heavy (non-hydrogen) atoms. The van der Waals surface area contributed by atoms with E-state index >= 15 is 0 Å². The van der Waals surface area contributed by atoms with E-state index in [1.807, 2.05) is 24.3 Å². The number of hydrogen-bond acceptors (Lipinski definition) is 0. The minimum Gasteiger partial charge on any atom is -0.269 e. The summed E-state index contributed by atoms with van der Waals surface area (Å²) in [5, 5.41) is 0. The van der Waals surface area contributed by atoms with Gasteiger partial charge >= 0.3 is 0 Å². The van der Waals surface area contributed by atoms with E-state index in [4.69, 9.17) is 12.6 Å². The van der Waals surface area contributed by atoms with Crippen LogP contribution in [0.4, 0.5) is 14.1 Å². The Hall–Kier alpha value is -0.0400. The largest absolute Gasteiger partial charge is 0.269 e. The molecule has 0 bridgehead atoms. The predicted molar refractivity (Wildman–Crippen MR) is 52.5 cm³/mol. The molecule has 0 aliphatic heterocycles. The van der Waals surface area contributed by atoms with E-state index in [0.29, 0.717) is 0 Å². The molecule has 65 valence electrons. The molecule has 0 atom stereocenters. The Morgan fingerprint density at radius 2 is 1.45 bits per heavy atom. The van der Waals surface area contributed by atoms with Gasteiger partial charge in [0.15, 0.2) is 0 Å². The summed E-state index contributed by atoms with van der Waals surface area (Å²) in [6.45, 7) is 0. The fourth-order valence-corrected chi connectivity index (χ4v) is 0.979. The van der Waals surface area contributed by atoms with E-state index in [1.54, 1.807) is 0 Å². The van der Waals surface area contributed by atoms with Crippen LogP contribution in [0.15, 0.2) is 29.2 Å². The maximum Gasteiger partial charge on any atom is 0.0510 e. The van der Waals surface area contributed by atoms with Gasteiger partial charge in [-0.25, -0.2) is 0 Å². The quantitative estimate of drug-likeness (QED) is 0.644. The molecule has 0 aliphatic rings. The normalized spacial score (nSPS) is 6.64. The monoisotopic (exact) mass is 295 g/mol. The van der Waals surface area contributed by atoms with Crippen molar-refractivity contribution in [3.63, 3.8) is 0 Å².